The zero-order chi connectivity index (χ0) is 10.7. The molecule has 1 rings (SSSR count). The molecule has 0 amide bonds. The van der Waals surface area contributed by atoms with Gasteiger partial charge in [-0.05, 0) is 17.7 Å². The Labute approximate surface area is 107 Å². The minimum absolute atomic E-state index is 0. The molecule has 15 heavy (non-hydrogen) atoms. The van der Waals surface area contributed by atoms with E-state index in [9.17, 15) is 20.0 Å². The largest absolute Gasteiger partial charge is 1.00 e. The third kappa shape index (κ3) is 3.60. The van der Waals surface area contributed by atoms with Crippen LogP contribution in [0.25, 0.3) is 0 Å². The second-order valence-corrected chi connectivity index (χ2v) is 2.57. The topological polar surface area (TPSA) is 104 Å². The number of non-ortho nitro benzene ring substituents is 1. The zero-order valence-corrected chi connectivity index (χ0v) is 9.91. The number of rotatable bonds is 3. The van der Waals surface area contributed by atoms with Gasteiger partial charge in [0, 0.05) is 12.1 Å². The third-order valence-electron chi connectivity index (χ3n) is 1.64. The molecule has 0 aliphatic carbocycles. The van der Waals surface area contributed by atoms with E-state index in [0.717, 1.165) is 12.1 Å². The summed E-state index contributed by atoms with van der Waals surface area (Å²) in [5, 5.41) is 29.4. The van der Waals surface area contributed by atoms with E-state index in [0.29, 0.717) is 0 Å². The number of aliphatic carboxylic acids is 1. The zero-order valence-electron chi connectivity index (χ0n) is 7.91. The van der Waals surface area contributed by atoms with Crippen LogP contribution in [0.5, 0.6) is 0 Å². The van der Waals surface area contributed by atoms with E-state index in [1.807, 2.05) is 0 Å². The van der Waals surface area contributed by atoms with E-state index < -0.39 is 17.0 Å². The summed E-state index contributed by atoms with van der Waals surface area (Å²) in [6, 6.07) is 4.56. The summed E-state index contributed by atoms with van der Waals surface area (Å²) in [5.41, 5.74) is -0.116. The smallest absolute Gasteiger partial charge is 0.547 e. The van der Waals surface area contributed by atoms with Crippen LogP contribution >= 0.6 is 0 Å². The first-order valence-corrected chi connectivity index (χ1v) is 3.65. The molecule has 0 saturated heterocycles. The van der Waals surface area contributed by atoms with Gasteiger partial charge in [0.15, 0.2) is 0 Å². The Morgan fingerprint density at radius 2 is 1.80 bits per heavy atom. The molecule has 0 spiro atoms. The van der Waals surface area contributed by atoms with Gasteiger partial charge >= 0.3 is 29.6 Å². The number of nitro benzene ring substituents is 1. The number of nitro groups is 1. The summed E-state index contributed by atoms with van der Waals surface area (Å²) in [4.78, 5) is 19.8. The van der Waals surface area contributed by atoms with E-state index in [1.54, 1.807) is 0 Å². The first-order valence-electron chi connectivity index (χ1n) is 3.65. The number of carbonyl (C=O) groups is 1. The molecule has 7 heteroatoms. The second kappa shape index (κ2) is 5.82. The fourth-order valence-electron chi connectivity index (χ4n) is 0.914. The Morgan fingerprint density at radius 3 is 2.13 bits per heavy atom. The molecular weight excluding hydrogens is 213 g/mol. The van der Waals surface area contributed by atoms with Crippen molar-refractivity contribution in [3.8, 4) is 0 Å². The quantitative estimate of drug-likeness (QED) is 0.321. The molecule has 0 aliphatic heterocycles. The van der Waals surface area contributed by atoms with Crippen LogP contribution in [0.15, 0.2) is 24.3 Å². The van der Waals surface area contributed by atoms with Crippen molar-refractivity contribution in [2.45, 2.75) is 6.10 Å². The number of aliphatic hydroxyl groups excluding tert-OH is 1. The summed E-state index contributed by atoms with van der Waals surface area (Å²) < 4.78 is 0. The van der Waals surface area contributed by atoms with E-state index in [4.69, 9.17) is 5.11 Å². The Bertz CT molecular complexity index is 364. The van der Waals surface area contributed by atoms with Gasteiger partial charge in [-0.15, -0.1) is 0 Å². The molecule has 1 aromatic carbocycles. The Hall–Kier alpha value is -0.950. The SMILES string of the molecule is O=C([O-])[C@H](O)c1ccc([N+](=O)[O-])cc1.[Na+]. The fourth-order valence-corrected chi connectivity index (χ4v) is 0.914. The predicted molar refractivity (Wildman–Crippen MR) is 43.1 cm³/mol. The van der Waals surface area contributed by atoms with Gasteiger partial charge in [0.2, 0.25) is 0 Å². The summed E-state index contributed by atoms with van der Waals surface area (Å²) in [6.07, 6.45) is -1.75. The first kappa shape index (κ1) is 14.1. The van der Waals surface area contributed by atoms with E-state index in [2.05, 4.69) is 0 Å². The molecule has 1 aromatic rings. The molecule has 0 unspecified atom stereocenters. The van der Waals surface area contributed by atoms with Gasteiger partial charge in [-0.3, -0.25) is 10.1 Å². The molecule has 1 atom stereocenters. The van der Waals surface area contributed by atoms with Crippen molar-refractivity contribution in [2.24, 2.45) is 0 Å². The minimum Gasteiger partial charge on any atom is -0.547 e. The van der Waals surface area contributed by atoms with Crippen LogP contribution in [-0.2, 0) is 4.79 Å². The van der Waals surface area contributed by atoms with Crippen molar-refractivity contribution >= 4 is 11.7 Å². The molecule has 0 aliphatic rings. The number of hydrogen-bond donors (Lipinski definition) is 1. The van der Waals surface area contributed by atoms with Crippen LogP contribution in [0.3, 0.4) is 0 Å². The number of hydrogen-bond acceptors (Lipinski definition) is 5. The molecule has 0 saturated carbocycles. The molecule has 0 heterocycles. The molecular formula is C8H6NNaO5. The normalized spacial score (nSPS) is 11.3. The van der Waals surface area contributed by atoms with Gasteiger partial charge in [-0.1, -0.05) is 0 Å². The van der Waals surface area contributed by atoms with Crippen molar-refractivity contribution in [1.82, 2.24) is 0 Å². The van der Waals surface area contributed by atoms with Gasteiger partial charge in [-0.2, -0.15) is 0 Å². The molecule has 0 fully saturated rings. The Kier molecular flexibility index (Phi) is 5.45. The molecule has 0 bridgehead atoms. The van der Waals surface area contributed by atoms with Crippen LogP contribution in [0.4, 0.5) is 5.69 Å². The molecule has 0 radical (unpaired) electrons. The van der Waals surface area contributed by atoms with E-state index in [1.165, 1.54) is 12.1 Å². The standard InChI is InChI=1S/C8H7NO5.Na/c10-7(8(11)12)5-1-3-6(4-2-5)9(13)14;/h1-4,7,10H,(H,11,12);/q;+1/p-1/t7-;/m1./s1. The number of carboxylic acid groups (broad SMARTS) is 1. The van der Waals surface area contributed by atoms with Crippen LogP contribution in [-0.4, -0.2) is 16.0 Å². The number of benzene rings is 1. The average Bonchev–Trinajstić information content (AvgIpc) is 2.16. The van der Waals surface area contributed by atoms with E-state index >= 15 is 0 Å². The van der Waals surface area contributed by atoms with Crippen molar-refractivity contribution in [3.05, 3.63) is 39.9 Å². The van der Waals surface area contributed by atoms with Crippen LogP contribution in [0.1, 0.15) is 11.7 Å². The monoisotopic (exact) mass is 219 g/mol. The maximum Gasteiger partial charge on any atom is 1.00 e. The van der Waals surface area contributed by atoms with Crippen molar-refractivity contribution in [1.29, 1.82) is 0 Å². The van der Waals surface area contributed by atoms with Gasteiger partial charge in [0.1, 0.15) is 6.10 Å². The van der Waals surface area contributed by atoms with Gasteiger partial charge in [0.25, 0.3) is 5.69 Å². The number of carbonyl (C=O) groups excluding carboxylic acids is 1. The Morgan fingerprint density at radius 1 is 1.33 bits per heavy atom. The minimum atomic E-state index is -1.75. The van der Waals surface area contributed by atoms with Crippen molar-refractivity contribution in [2.75, 3.05) is 0 Å². The Balaban J connectivity index is 0.00000196. The van der Waals surface area contributed by atoms with Crippen molar-refractivity contribution < 1.29 is 49.5 Å². The predicted octanol–water partition coefficient (Wildman–Crippen LogP) is -3.62. The van der Waals surface area contributed by atoms with Crippen molar-refractivity contribution in [3.63, 3.8) is 0 Å². The maximum atomic E-state index is 10.2. The van der Waals surface area contributed by atoms with Crippen LogP contribution in [0, 0.1) is 10.1 Å². The average molecular weight is 219 g/mol. The molecule has 1 N–H and O–H groups in total. The molecule has 0 aromatic heterocycles. The van der Waals surface area contributed by atoms with Gasteiger partial charge in [-0.25, -0.2) is 0 Å². The van der Waals surface area contributed by atoms with Gasteiger partial charge in [0.05, 0.1) is 10.9 Å². The summed E-state index contributed by atoms with van der Waals surface area (Å²) >= 11 is 0. The first-order chi connectivity index (χ1) is 6.52. The third-order valence-corrected chi connectivity index (χ3v) is 1.64. The summed E-state index contributed by atoms with van der Waals surface area (Å²) in [5.74, 6) is -1.64. The van der Waals surface area contributed by atoms with E-state index in [-0.39, 0.29) is 40.8 Å². The molecule has 6 nitrogen and oxygen atoms in total. The number of carboxylic acids is 1. The maximum absolute atomic E-state index is 10.2. The number of nitrogens with zero attached hydrogens (tertiary/aromatic N) is 1. The second-order valence-electron chi connectivity index (χ2n) is 2.57. The molecule has 74 valence electrons. The fraction of sp³-hybridized carbons (Fsp3) is 0.125. The van der Waals surface area contributed by atoms with Crippen LogP contribution < -0.4 is 34.7 Å². The number of aliphatic hydroxyl groups is 1. The summed E-state index contributed by atoms with van der Waals surface area (Å²) in [7, 11) is 0. The van der Waals surface area contributed by atoms with Gasteiger partial charge < -0.3 is 15.0 Å². The van der Waals surface area contributed by atoms with Crippen LogP contribution in [0.2, 0.25) is 0 Å². The summed E-state index contributed by atoms with van der Waals surface area (Å²) in [6.45, 7) is 0.